The van der Waals surface area contributed by atoms with Crippen LogP contribution < -0.4 is 4.72 Å². The van der Waals surface area contributed by atoms with Gasteiger partial charge in [0.05, 0.1) is 4.90 Å². The van der Waals surface area contributed by atoms with Crippen LogP contribution in [0.25, 0.3) is 0 Å². The summed E-state index contributed by atoms with van der Waals surface area (Å²) in [6.45, 7) is 9.34. The topological polar surface area (TPSA) is 69.7 Å². The summed E-state index contributed by atoms with van der Waals surface area (Å²) in [6.07, 6.45) is 0. The predicted molar refractivity (Wildman–Crippen MR) is 111 cm³/mol. The molecule has 1 aliphatic heterocycles. The fourth-order valence-electron chi connectivity index (χ4n) is 3.24. The number of sulfonamides is 1. The van der Waals surface area contributed by atoms with E-state index in [0.29, 0.717) is 30.4 Å². The molecule has 3 rings (SSSR count). The van der Waals surface area contributed by atoms with Crippen molar-refractivity contribution in [2.24, 2.45) is 0 Å². The van der Waals surface area contributed by atoms with Gasteiger partial charge in [-0.15, -0.1) is 0 Å². The van der Waals surface area contributed by atoms with Crippen LogP contribution in [0.3, 0.4) is 0 Å². The van der Waals surface area contributed by atoms with Crippen molar-refractivity contribution in [1.29, 1.82) is 0 Å². The molecule has 1 saturated heterocycles. The summed E-state index contributed by atoms with van der Waals surface area (Å²) in [7, 11) is -3.69. The molecule has 0 spiro atoms. The van der Waals surface area contributed by atoms with E-state index in [1.165, 1.54) is 12.1 Å². The van der Waals surface area contributed by atoms with Gasteiger partial charge in [0.1, 0.15) is 0 Å². The van der Waals surface area contributed by atoms with E-state index >= 15 is 0 Å². The summed E-state index contributed by atoms with van der Waals surface area (Å²) in [5.41, 5.74) is 2.07. The van der Waals surface area contributed by atoms with Crippen LogP contribution in [-0.4, -0.2) is 56.3 Å². The molecule has 0 unspecified atom stereocenters. The van der Waals surface area contributed by atoms with Crippen LogP contribution in [0.1, 0.15) is 29.8 Å². The highest BCUT2D eigenvalue weighted by Crippen LogP contribution is 2.18. The molecule has 0 atom stereocenters. The number of carbonyl (C=O) groups is 1. The van der Waals surface area contributed by atoms with E-state index < -0.39 is 10.0 Å². The van der Waals surface area contributed by atoms with Gasteiger partial charge >= 0.3 is 0 Å². The molecule has 0 saturated carbocycles. The molecule has 2 aromatic rings. The highest BCUT2D eigenvalue weighted by Gasteiger charge is 2.24. The molecule has 2 aromatic carbocycles. The van der Waals surface area contributed by atoms with Gasteiger partial charge < -0.3 is 4.90 Å². The maximum Gasteiger partial charge on any atom is 0.261 e. The van der Waals surface area contributed by atoms with Crippen LogP contribution in [0.5, 0.6) is 0 Å². The van der Waals surface area contributed by atoms with Crippen molar-refractivity contribution in [3.63, 3.8) is 0 Å². The molecule has 6 nitrogen and oxygen atoms in total. The zero-order valence-electron chi connectivity index (χ0n) is 16.6. The van der Waals surface area contributed by atoms with Crippen LogP contribution >= 0.6 is 0 Å². The lowest BCUT2D eigenvalue weighted by atomic mass is 10.1. The molecule has 1 heterocycles. The molecule has 28 heavy (non-hydrogen) atoms. The van der Waals surface area contributed by atoms with Crippen molar-refractivity contribution in [3.8, 4) is 0 Å². The summed E-state index contributed by atoms with van der Waals surface area (Å²) in [4.78, 5) is 17.0. The first-order valence-electron chi connectivity index (χ1n) is 9.49. The van der Waals surface area contributed by atoms with Gasteiger partial charge in [0, 0.05) is 43.5 Å². The lowest BCUT2D eigenvalue weighted by Gasteiger charge is -2.37. The van der Waals surface area contributed by atoms with E-state index in [-0.39, 0.29) is 10.8 Å². The molecule has 0 aliphatic carbocycles. The highest BCUT2D eigenvalue weighted by molar-refractivity contribution is 7.92. The van der Waals surface area contributed by atoms with Crippen LogP contribution in [-0.2, 0) is 10.0 Å². The molecule has 0 bridgehead atoms. The van der Waals surface area contributed by atoms with Crippen LogP contribution in [0, 0.1) is 6.92 Å². The zero-order chi connectivity index (χ0) is 20.3. The average Bonchev–Trinajstić information content (AvgIpc) is 2.69. The summed E-state index contributed by atoms with van der Waals surface area (Å²) < 4.78 is 27.7. The molecule has 1 aliphatic rings. The smallest absolute Gasteiger partial charge is 0.261 e. The first-order valence-corrected chi connectivity index (χ1v) is 11.0. The number of benzene rings is 2. The standard InChI is InChI=1S/C21H27N3O3S/c1-16(2)23-12-14-24(15-13-23)21(25)18-6-10-20(11-7-18)28(26,27)22-19-8-4-17(3)5-9-19/h4-11,16,22H,12-15H2,1-3H3. The lowest BCUT2D eigenvalue weighted by molar-refractivity contribution is 0.0595. The minimum Gasteiger partial charge on any atom is -0.336 e. The number of hydrogen-bond acceptors (Lipinski definition) is 4. The van der Waals surface area contributed by atoms with Crippen LogP contribution in [0.4, 0.5) is 5.69 Å². The molecule has 0 radical (unpaired) electrons. The van der Waals surface area contributed by atoms with E-state index in [2.05, 4.69) is 23.5 Å². The van der Waals surface area contributed by atoms with Gasteiger partial charge in [0.15, 0.2) is 0 Å². The molecular formula is C21H27N3O3S. The van der Waals surface area contributed by atoms with Crippen molar-refractivity contribution in [3.05, 3.63) is 59.7 Å². The Morgan fingerprint density at radius 2 is 1.50 bits per heavy atom. The number of aryl methyl sites for hydroxylation is 1. The molecule has 7 heteroatoms. The van der Waals surface area contributed by atoms with Crippen LogP contribution in [0.15, 0.2) is 53.4 Å². The van der Waals surface area contributed by atoms with Crippen molar-refractivity contribution in [2.45, 2.75) is 31.7 Å². The van der Waals surface area contributed by atoms with Gasteiger partial charge in [-0.05, 0) is 57.2 Å². The number of hydrogen-bond donors (Lipinski definition) is 1. The predicted octanol–water partition coefficient (Wildman–Crippen LogP) is 2.96. The van der Waals surface area contributed by atoms with E-state index in [1.807, 2.05) is 24.0 Å². The molecular weight excluding hydrogens is 374 g/mol. The summed E-state index contributed by atoms with van der Waals surface area (Å²) in [6, 6.07) is 13.7. The minimum absolute atomic E-state index is 0.0566. The van der Waals surface area contributed by atoms with Gasteiger partial charge in [-0.3, -0.25) is 14.4 Å². The Hall–Kier alpha value is -2.38. The number of amides is 1. The van der Waals surface area contributed by atoms with Crippen molar-refractivity contribution >= 4 is 21.6 Å². The highest BCUT2D eigenvalue weighted by atomic mass is 32.2. The van der Waals surface area contributed by atoms with Gasteiger partial charge in [-0.1, -0.05) is 17.7 Å². The fourth-order valence-corrected chi connectivity index (χ4v) is 4.29. The SMILES string of the molecule is Cc1ccc(NS(=O)(=O)c2ccc(C(=O)N3CCN(C(C)C)CC3)cc2)cc1. The summed E-state index contributed by atoms with van der Waals surface area (Å²) in [5.74, 6) is -0.0566. The molecule has 0 aromatic heterocycles. The monoisotopic (exact) mass is 401 g/mol. The normalized spacial score (nSPS) is 15.6. The Morgan fingerprint density at radius 3 is 2.04 bits per heavy atom. The van der Waals surface area contributed by atoms with Gasteiger partial charge in [0.2, 0.25) is 0 Å². The summed E-state index contributed by atoms with van der Waals surface area (Å²) in [5, 5.41) is 0. The average molecular weight is 402 g/mol. The van der Waals surface area contributed by atoms with Crippen molar-refractivity contribution in [1.82, 2.24) is 9.80 Å². The third kappa shape index (κ3) is 4.72. The first-order chi connectivity index (χ1) is 13.3. The minimum atomic E-state index is -3.69. The van der Waals surface area contributed by atoms with Gasteiger partial charge in [-0.25, -0.2) is 8.42 Å². The van der Waals surface area contributed by atoms with Gasteiger partial charge in [-0.2, -0.15) is 0 Å². The molecule has 1 amide bonds. The Morgan fingerprint density at radius 1 is 0.929 bits per heavy atom. The fraction of sp³-hybridized carbons (Fsp3) is 0.381. The number of rotatable bonds is 5. The maximum atomic E-state index is 12.7. The zero-order valence-corrected chi connectivity index (χ0v) is 17.4. The maximum absolute atomic E-state index is 12.7. The number of nitrogens with one attached hydrogen (secondary N) is 1. The van der Waals surface area contributed by atoms with E-state index in [9.17, 15) is 13.2 Å². The van der Waals surface area contributed by atoms with Crippen molar-refractivity contribution in [2.75, 3.05) is 30.9 Å². The molecule has 1 N–H and O–H groups in total. The van der Waals surface area contributed by atoms with Crippen molar-refractivity contribution < 1.29 is 13.2 Å². The number of anilines is 1. The third-order valence-corrected chi connectivity index (χ3v) is 6.44. The third-order valence-electron chi connectivity index (χ3n) is 5.05. The van der Waals surface area contributed by atoms with Gasteiger partial charge in [0.25, 0.3) is 15.9 Å². The van der Waals surface area contributed by atoms with Crippen LogP contribution in [0.2, 0.25) is 0 Å². The Labute approximate surface area is 167 Å². The molecule has 150 valence electrons. The largest absolute Gasteiger partial charge is 0.336 e. The Balaban J connectivity index is 1.67. The second kappa shape index (κ2) is 8.32. The molecule has 1 fully saturated rings. The van der Waals surface area contributed by atoms with E-state index in [0.717, 1.165) is 18.7 Å². The number of piperazine rings is 1. The second-order valence-corrected chi connectivity index (χ2v) is 9.10. The number of nitrogens with zero attached hydrogens (tertiary/aromatic N) is 2. The Bertz CT molecular complexity index is 914. The quantitative estimate of drug-likeness (QED) is 0.836. The number of carbonyl (C=O) groups excluding carboxylic acids is 1. The summed E-state index contributed by atoms with van der Waals surface area (Å²) >= 11 is 0. The van der Waals surface area contributed by atoms with E-state index in [1.54, 1.807) is 24.3 Å². The second-order valence-electron chi connectivity index (χ2n) is 7.42. The lowest BCUT2D eigenvalue weighted by Crippen LogP contribution is -2.50. The van der Waals surface area contributed by atoms with E-state index in [4.69, 9.17) is 0 Å². The Kier molecular flexibility index (Phi) is 6.05. The first kappa shape index (κ1) is 20.4.